The van der Waals surface area contributed by atoms with E-state index in [0.717, 1.165) is 19.3 Å². The van der Waals surface area contributed by atoms with Gasteiger partial charge in [0.25, 0.3) is 0 Å². The van der Waals surface area contributed by atoms with Gasteiger partial charge >= 0.3 is 0 Å². The lowest BCUT2D eigenvalue weighted by atomic mass is 9.99. The molecule has 70 valence electrons. The number of aliphatic hydroxyl groups is 1. The summed E-state index contributed by atoms with van der Waals surface area (Å²) in [5.41, 5.74) is 0. The number of hydrogen-bond donors (Lipinski definition) is 1. The lowest BCUT2D eigenvalue weighted by Crippen LogP contribution is -2.05. The average Bonchev–Trinajstić information content (AvgIpc) is 2.02. The van der Waals surface area contributed by atoms with Crippen molar-refractivity contribution >= 4 is 5.78 Å². The highest BCUT2D eigenvalue weighted by molar-refractivity contribution is 5.75. The summed E-state index contributed by atoms with van der Waals surface area (Å²) in [6, 6.07) is 0. The summed E-state index contributed by atoms with van der Waals surface area (Å²) in [7, 11) is 0. The van der Waals surface area contributed by atoms with Crippen LogP contribution in [0.4, 0.5) is 0 Å². The monoisotopic (exact) mass is 170 g/mol. The lowest BCUT2D eigenvalue weighted by Gasteiger charge is -2.09. The second-order valence-electron chi connectivity index (χ2n) is 3.17. The fraction of sp³-hybridized carbons (Fsp3) is 0.700. The topological polar surface area (TPSA) is 37.3 Å². The Morgan fingerprint density at radius 1 is 1.67 bits per heavy atom. The van der Waals surface area contributed by atoms with Gasteiger partial charge < -0.3 is 9.90 Å². The van der Waals surface area contributed by atoms with Gasteiger partial charge in [0.05, 0.1) is 0 Å². The van der Waals surface area contributed by atoms with Crippen LogP contribution in [-0.2, 0) is 4.79 Å². The van der Waals surface area contributed by atoms with Crippen molar-refractivity contribution < 1.29 is 9.90 Å². The molecule has 0 aromatic carbocycles. The summed E-state index contributed by atoms with van der Waals surface area (Å²) < 4.78 is 0. The van der Waals surface area contributed by atoms with E-state index in [9.17, 15) is 4.79 Å². The van der Waals surface area contributed by atoms with E-state index in [-0.39, 0.29) is 12.4 Å². The van der Waals surface area contributed by atoms with Gasteiger partial charge in [-0.25, -0.2) is 0 Å². The van der Waals surface area contributed by atoms with Crippen LogP contribution < -0.4 is 0 Å². The first kappa shape index (κ1) is 11.4. The minimum absolute atomic E-state index is 0.198. The maximum atomic E-state index is 10.6. The predicted molar refractivity (Wildman–Crippen MR) is 49.9 cm³/mol. The molecule has 1 N–H and O–H groups in total. The third-order valence-corrected chi connectivity index (χ3v) is 1.90. The van der Waals surface area contributed by atoms with Crippen molar-refractivity contribution in [3.8, 4) is 0 Å². The Morgan fingerprint density at radius 3 is 2.75 bits per heavy atom. The first-order chi connectivity index (χ1) is 5.70. The van der Waals surface area contributed by atoms with Crippen molar-refractivity contribution in [2.45, 2.75) is 32.6 Å². The van der Waals surface area contributed by atoms with E-state index in [2.05, 4.69) is 6.58 Å². The molecule has 0 aliphatic heterocycles. The van der Waals surface area contributed by atoms with Crippen molar-refractivity contribution in [1.29, 1.82) is 0 Å². The largest absolute Gasteiger partial charge is 0.396 e. The molecule has 0 amide bonds. The van der Waals surface area contributed by atoms with Crippen LogP contribution in [-0.4, -0.2) is 17.5 Å². The van der Waals surface area contributed by atoms with Gasteiger partial charge in [-0.3, -0.25) is 0 Å². The highest BCUT2D eigenvalue weighted by atomic mass is 16.3. The molecule has 0 aromatic rings. The molecule has 1 unspecified atom stereocenters. The third kappa shape index (κ3) is 6.10. The zero-order chi connectivity index (χ0) is 9.40. The number of carbonyl (C=O) groups is 1. The molecule has 0 bridgehead atoms. The molecule has 12 heavy (non-hydrogen) atoms. The number of aliphatic hydroxyl groups excluding tert-OH is 1. The molecule has 0 saturated heterocycles. The van der Waals surface area contributed by atoms with Gasteiger partial charge in [0, 0.05) is 13.0 Å². The molecule has 0 rings (SSSR count). The fourth-order valence-corrected chi connectivity index (χ4v) is 1.16. The quantitative estimate of drug-likeness (QED) is 0.593. The molecule has 0 heterocycles. The van der Waals surface area contributed by atoms with Crippen molar-refractivity contribution in [2.75, 3.05) is 6.61 Å². The first-order valence-electron chi connectivity index (χ1n) is 4.42. The number of carbonyl (C=O) groups excluding carboxylic acids is 1. The highest BCUT2D eigenvalue weighted by Gasteiger charge is 2.05. The smallest absolute Gasteiger partial charge is 0.129 e. The van der Waals surface area contributed by atoms with Crippen LogP contribution in [0.2, 0.25) is 0 Å². The zero-order valence-corrected chi connectivity index (χ0v) is 7.75. The minimum atomic E-state index is 0.198. The molecular formula is C10H18O2. The molecule has 2 nitrogen and oxygen atoms in total. The number of hydrogen-bond acceptors (Lipinski definition) is 2. The van der Waals surface area contributed by atoms with Gasteiger partial charge in [0.15, 0.2) is 0 Å². The SMILES string of the molecule is C=CCC(CO)CCCC(C)=O. The predicted octanol–water partition coefficient (Wildman–Crippen LogP) is 1.93. The first-order valence-corrected chi connectivity index (χ1v) is 4.42. The Balaban J connectivity index is 3.43. The standard InChI is InChI=1S/C10H18O2/c1-3-5-10(8-11)7-4-6-9(2)12/h3,10-11H,1,4-8H2,2H3. The van der Waals surface area contributed by atoms with Gasteiger partial charge in [0.1, 0.15) is 5.78 Å². The van der Waals surface area contributed by atoms with Crippen LogP contribution >= 0.6 is 0 Å². The lowest BCUT2D eigenvalue weighted by molar-refractivity contribution is -0.117. The molecule has 1 atom stereocenters. The normalized spacial score (nSPS) is 12.5. The zero-order valence-electron chi connectivity index (χ0n) is 7.75. The molecule has 0 aliphatic carbocycles. The number of ketones is 1. The Kier molecular flexibility index (Phi) is 6.67. The number of rotatable bonds is 7. The van der Waals surface area contributed by atoms with Crippen molar-refractivity contribution in [3.05, 3.63) is 12.7 Å². The van der Waals surface area contributed by atoms with Crippen LogP contribution in [0, 0.1) is 5.92 Å². The maximum Gasteiger partial charge on any atom is 0.129 e. The number of Topliss-reactive ketones (excluding diaryl/α,β-unsaturated/α-hetero) is 1. The molecule has 0 spiro atoms. The Labute approximate surface area is 74.3 Å². The van der Waals surface area contributed by atoms with E-state index in [1.807, 2.05) is 6.08 Å². The van der Waals surface area contributed by atoms with Gasteiger partial charge in [-0.15, -0.1) is 6.58 Å². The molecule has 0 aliphatic rings. The van der Waals surface area contributed by atoms with Gasteiger partial charge in [0.2, 0.25) is 0 Å². The van der Waals surface area contributed by atoms with E-state index in [0.29, 0.717) is 12.3 Å². The van der Waals surface area contributed by atoms with E-state index < -0.39 is 0 Å². The Hall–Kier alpha value is -0.630. The van der Waals surface area contributed by atoms with Crippen LogP contribution in [0.25, 0.3) is 0 Å². The second kappa shape index (κ2) is 7.04. The average molecular weight is 170 g/mol. The summed E-state index contributed by atoms with van der Waals surface area (Å²) in [6.07, 6.45) is 5.09. The third-order valence-electron chi connectivity index (χ3n) is 1.90. The summed E-state index contributed by atoms with van der Waals surface area (Å²) in [6.45, 7) is 5.41. The summed E-state index contributed by atoms with van der Waals surface area (Å²) in [5.74, 6) is 0.521. The molecule has 0 radical (unpaired) electrons. The summed E-state index contributed by atoms with van der Waals surface area (Å²) in [5, 5.41) is 8.89. The van der Waals surface area contributed by atoms with Crippen LogP contribution in [0.1, 0.15) is 32.6 Å². The summed E-state index contributed by atoms with van der Waals surface area (Å²) >= 11 is 0. The molecule has 2 heteroatoms. The molecular weight excluding hydrogens is 152 g/mol. The van der Waals surface area contributed by atoms with Crippen LogP contribution in [0.5, 0.6) is 0 Å². The molecule has 0 aromatic heterocycles. The van der Waals surface area contributed by atoms with Gasteiger partial charge in [-0.1, -0.05) is 6.08 Å². The van der Waals surface area contributed by atoms with E-state index in [1.165, 1.54) is 0 Å². The van der Waals surface area contributed by atoms with Crippen molar-refractivity contribution in [3.63, 3.8) is 0 Å². The number of allylic oxidation sites excluding steroid dienone is 1. The van der Waals surface area contributed by atoms with Crippen LogP contribution in [0.3, 0.4) is 0 Å². The van der Waals surface area contributed by atoms with E-state index in [1.54, 1.807) is 6.92 Å². The minimum Gasteiger partial charge on any atom is -0.396 e. The summed E-state index contributed by atoms with van der Waals surface area (Å²) in [4.78, 5) is 10.6. The Morgan fingerprint density at radius 2 is 2.33 bits per heavy atom. The fourth-order valence-electron chi connectivity index (χ4n) is 1.16. The maximum absolute atomic E-state index is 10.6. The van der Waals surface area contributed by atoms with Crippen molar-refractivity contribution in [1.82, 2.24) is 0 Å². The molecule has 0 saturated carbocycles. The Bertz CT molecular complexity index is 141. The van der Waals surface area contributed by atoms with E-state index >= 15 is 0 Å². The van der Waals surface area contributed by atoms with Gasteiger partial charge in [-0.05, 0) is 32.1 Å². The van der Waals surface area contributed by atoms with E-state index in [4.69, 9.17) is 5.11 Å². The van der Waals surface area contributed by atoms with Crippen LogP contribution in [0.15, 0.2) is 12.7 Å². The molecule has 0 fully saturated rings. The van der Waals surface area contributed by atoms with Crippen molar-refractivity contribution in [2.24, 2.45) is 5.92 Å². The van der Waals surface area contributed by atoms with Gasteiger partial charge in [-0.2, -0.15) is 0 Å². The highest BCUT2D eigenvalue weighted by Crippen LogP contribution is 2.12. The second-order valence-corrected chi connectivity index (χ2v) is 3.17.